The van der Waals surface area contributed by atoms with Gasteiger partial charge in [0.15, 0.2) is 0 Å². The molecule has 1 N–H and O–H groups in total. The van der Waals surface area contributed by atoms with Gasteiger partial charge in [0.25, 0.3) is 0 Å². The predicted molar refractivity (Wildman–Crippen MR) is 102 cm³/mol. The van der Waals surface area contributed by atoms with Crippen molar-refractivity contribution in [3.05, 3.63) is 34.3 Å². The molecule has 0 radical (unpaired) electrons. The van der Waals surface area contributed by atoms with Gasteiger partial charge < -0.3 is 5.32 Å². The highest BCUT2D eigenvalue weighted by molar-refractivity contribution is 9.10. The maximum absolute atomic E-state index is 12.5. The molecule has 26 heavy (non-hydrogen) atoms. The Morgan fingerprint density at radius 2 is 1.73 bits per heavy atom. The lowest BCUT2D eigenvalue weighted by Crippen LogP contribution is -2.36. The monoisotopic (exact) mass is 420 g/mol. The zero-order valence-electron chi connectivity index (χ0n) is 15.0. The number of imide groups is 1. The molecule has 0 spiro atoms. The van der Waals surface area contributed by atoms with E-state index in [4.69, 9.17) is 0 Å². The van der Waals surface area contributed by atoms with E-state index >= 15 is 0 Å². The summed E-state index contributed by atoms with van der Waals surface area (Å²) in [5, 5.41) is 3.02. The molecule has 3 rings (SSSR count). The van der Waals surface area contributed by atoms with Gasteiger partial charge in [-0.3, -0.25) is 19.3 Å². The number of amides is 3. The Morgan fingerprint density at radius 1 is 1.15 bits per heavy atom. The van der Waals surface area contributed by atoms with Crippen LogP contribution in [-0.2, 0) is 14.4 Å². The lowest BCUT2D eigenvalue weighted by Gasteiger charge is -2.19. The van der Waals surface area contributed by atoms with E-state index < -0.39 is 0 Å². The van der Waals surface area contributed by atoms with Crippen LogP contribution >= 0.6 is 15.9 Å². The summed E-state index contributed by atoms with van der Waals surface area (Å²) in [4.78, 5) is 38.6. The topological polar surface area (TPSA) is 66.5 Å². The molecular weight excluding hydrogens is 396 g/mol. The van der Waals surface area contributed by atoms with Crippen LogP contribution < -0.4 is 5.32 Å². The third-order valence-corrected chi connectivity index (χ3v) is 6.04. The van der Waals surface area contributed by atoms with Crippen molar-refractivity contribution >= 4 is 33.7 Å². The highest BCUT2D eigenvalue weighted by atomic mass is 79.9. The van der Waals surface area contributed by atoms with Crippen LogP contribution in [0.3, 0.4) is 0 Å². The minimum atomic E-state index is -0.148. The van der Waals surface area contributed by atoms with Crippen LogP contribution in [-0.4, -0.2) is 29.2 Å². The third kappa shape index (κ3) is 4.00. The molecule has 140 valence electrons. The molecule has 1 aromatic carbocycles. The normalized spacial score (nSPS) is 23.7. The van der Waals surface area contributed by atoms with E-state index in [2.05, 4.69) is 21.2 Å². The van der Waals surface area contributed by atoms with E-state index in [-0.39, 0.29) is 48.6 Å². The molecule has 6 heteroatoms. The largest absolute Gasteiger partial charge is 0.349 e. The first kappa shape index (κ1) is 19.1. The standard InChI is InChI=1S/C20H25BrN2O3/c1-2-17(13-7-9-14(21)10-8-13)22-18(24)11-12-23-19(25)15-5-3-4-6-16(15)20(23)26/h7-10,15-17H,2-6,11-12H2,1H3,(H,22,24)/t15-,16-,17+/m0/s1. The maximum atomic E-state index is 12.5. The van der Waals surface area contributed by atoms with Gasteiger partial charge in [-0.2, -0.15) is 0 Å². The summed E-state index contributed by atoms with van der Waals surface area (Å²) in [5.74, 6) is -0.578. The summed E-state index contributed by atoms with van der Waals surface area (Å²) in [7, 11) is 0. The van der Waals surface area contributed by atoms with E-state index in [9.17, 15) is 14.4 Å². The number of hydrogen-bond donors (Lipinski definition) is 1. The number of nitrogens with one attached hydrogen (secondary N) is 1. The van der Waals surface area contributed by atoms with E-state index in [1.165, 1.54) is 4.90 Å². The van der Waals surface area contributed by atoms with Crippen molar-refractivity contribution < 1.29 is 14.4 Å². The maximum Gasteiger partial charge on any atom is 0.233 e. The SMILES string of the molecule is CC[C@@H](NC(=O)CCN1C(=O)[C@H]2CCCC[C@@H]2C1=O)c1ccc(Br)cc1. The van der Waals surface area contributed by atoms with Gasteiger partial charge in [0.05, 0.1) is 17.9 Å². The molecule has 1 heterocycles. The number of carbonyl (C=O) groups excluding carboxylic acids is 3. The molecule has 1 aliphatic heterocycles. The number of likely N-dealkylation sites (tertiary alicyclic amines) is 1. The first-order chi connectivity index (χ1) is 12.5. The van der Waals surface area contributed by atoms with Crippen LogP contribution in [0.1, 0.15) is 57.1 Å². The van der Waals surface area contributed by atoms with Crippen LogP contribution in [0, 0.1) is 11.8 Å². The van der Waals surface area contributed by atoms with Crippen molar-refractivity contribution in [3.63, 3.8) is 0 Å². The molecule has 0 unspecified atom stereocenters. The summed E-state index contributed by atoms with van der Waals surface area (Å²) in [5.41, 5.74) is 1.04. The second-order valence-corrected chi connectivity index (χ2v) is 8.07. The van der Waals surface area contributed by atoms with Gasteiger partial charge in [-0.05, 0) is 37.0 Å². The van der Waals surface area contributed by atoms with Crippen LogP contribution in [0.2, 0.25) is 0 Å². The molecule has 1 saturated heterocycles. The molecule has 0 bridgehead atoms. The van der Waals surface area contributed by atoms with Crippen LogP contribution in [0.4, 0.5) is 0 Å². The zero-order chi connectivity index (χ0) is 18.7. The van der Waals surface area contributed by atoms with Gasteiger partial charge in [-0.15, -0.1) is 0 Å². The highest BCUT2D eigenvalue weighted by Crippen LogP contribution is 2.38. The Hall–Kier alpha value is -1.69. The van der Waals surface area contributed by atoms with Crippen LogP contribution in [0.5, 0.6) is 0 Å². The molecule has 3 amide bonds. The van der Waals surface area contributed by atoms with Gasteiger partial charge >= 0.3 is 0 Å². The average Bonchev–Trinajstić information content (AvgIpc) is 2.90. The first-order valence-electron chi connectivity index (χ1n) is 9.41. The fourth-order valence-electron chi connectivity index (χ4n) is 4.05. The highest BCUT2D eigenvalue weighted by Gasteiger charge is 2.47. The van der Waals surface area contributed by atoms with Gasteiger partial charge in [0.2, 0.25) is 17.7 Å². The molecule has 1 saturated carbocycles. The minimum absolute atomic E-state index is 0.0665. The Balaban J connectivity index is 1.55. The lowest BCUT2D eigenvalue weighted by atomic mass is 9.81. The number of carbonyl (C=O) groups is 3. The van der Waals surface area contributed by atoms with Crippen LogP contribution in [0.15, 0.2) is 28.7 Å². The Bertz CT molecular complexity index is 665. The van der Waals surface area contributed by atoms with Crippen molar-refractivity contribution in [2.75, 3.05) is 6.54 Å². The molecule has 2 fully saturated rings. The molecule has 1 aromatic rings. The summed E-state index contributed by atoms with van der Waals surface area (Å²) in [6.45, 7) is 2.21. The Morgan fingerprint density at radius 3 is 2.27 bits per heavy atom. The lowest BCUT2D eigenvalue weighted by molar-refractivity contribution is -0.140. The predicted octanol–water partition coefficient (Wildman–Crippen LogP) is 3.58. The Kier molecular flexibility index (Phi) is 6.12. The third-order valence-electron chi connectivity index (χ3n) is 5.51. The molecular formula is C20H25BrN2O3. The van der Waals surface area contributed by atoms with E-state index in [1.807, 2.05) is 31.2 Å². The molecule has 0 aromatic heterocycles. The van der Waals surface area contributed by atoms with Crippen molar-refractivity contribution in [2.24, 2.45) is 11.8 Å². The van der Waals surface area contributed by atoms with Gasteiger partial charge in [-0.1, -0.05) is 47.8 Å². The Labute approximate surface area is 162 Å². The quantitative estimate of drug-likeness (QED) is 0.715. The molecule has 5 nitrogen and oxygen atoms in total. The number of halogens is 1. The van der Waals surface area contributed by atoms with Crippen molar-refractivity contribution in [1.82, 2.24) is 10.2 Å². The van der Waals surface area contributed by atoms with Crippen molar-refractivity contribution in [2.45, 2.75) is 51.5 Å². The molecule has 2 aliphatic rings. The van der Waals surface area contributed by atoms with Crippen molar-refractivity contribution in [1.29, 1.82) is 0 Å². The number of fused-ring (bicyclic) bond motifs is 1. The second kappa shape index (κ2) is 8.33. The fraction of sp³-hybridized carbons (Fsp3) is 0.550. The summed E-state index contributed by atoms with van der Waals surface area (Å²) in [6, 6.07) is 7.80. The zero-order valence-corrected chi connectivity index (χ0v) is 16.6. The van der Waals surface area contributed by atoms with Crippen LogP contribution in [0.25, 0.3) is 0 Å². The number of rotatable bonds is 6. The fourth-order valence-corrected chi connectivity index (χ4v) is 4.31. The minimum Gasteiger partial charge on any atom is -0.349 e. The smallest absolute Gasteiger partial charge is 0.233 e. The van der Waals surface area contributed by atoms with Gasteiger partial charge in [0, 0.05) is 17.4 Å². The number of hydrogen-bond acceptors (Lipinski definition) is 3. The second-order valence-electron chi connectivity index (χ2n) is 7.16. The number of benzene rings is 1. The van der Waals surface area contributed by atoms with Crippen molar-refractivity contribution in [3.8, 4) is 0 Å². The molecule has 1 aliphatic carbocycles. The summed E-state index contributed by atoms with van der Waals surface area (Å²) in [6.07, 6.45) is 4.57. The average molecular weight is 421 g/mol. The van der Waals surface area contributed by atoms with E-state index in [0.29, 0.717) is 0 Å². The number of nitrogens with zero attached hydrogens (tertiary/aromatic N) is 1. The summed E-state index contributed by atoms with van der Waals surface area (Å²) < 4.78 is 0.995. The molecule has 3 atom stereocenters. The summed E-state index contributed by atoms with van der Waals surface area (Å²) >= 11 is 3.41. The van der Waals surface area contributed by atoms with E-state index in [1.54, 1.807) is 0 Å². The van der Waals surface area contributed by atoms with Gasteiger partial charge in [-0.25, -0.2) is 0 Å². The van der Waals surface area contributed by atoms with E-state index in [0.717, 1.165) is 42.1 Å². The van der Waals surface area contributed by atoms with Gasteiger partial charge in [0.1, 0.15) is 0 Å². The first-order valence-corrected chi connectivity index (χ1v) is 10.2.